The third-order valence-electron chi connectivity index (χ3n) is 4.34. The number of fused-ring (bicyclic) bond motifs is 5. The summed E-state index contributed by atoms with van der Waals surface area (Å²) in [6, 6.07) is 17.0. The third kappa shape index (κ3) is 5.94. The molecule has 0 amide bonds. The molecule has 1 aromatic heterocycles. The van der Waals surface area contributed by atoms with Crippen molar-refractivity contribution in [1.82, 2.24) is 15.0 Å². The lowest BCUT2D eigenvalue weighted by molar-refractivity contribution is 0.720. The fourth-order valence-corrected chi connectivity index (χ4v) is 3.25. The van der Waals surface area contributed by atoms with Crippen molar-refractivity contribution >= 4 is 5.69 Å². The highest BCUT2D eigenvalue weighted by molar-refractivity contribution is 5.87. The van der Waals surface area contributed by atoms with Crippen molar-refractivity contribution in [2.24, 2.45) is 7.05 Å². The van der Waals surface area contributed by atoms with Crippen molar-refractivity contribution < 1.29 is 0 Å². The molecule has 0 atom stereocenters. The van der Waals surface area contributed by atoms with Gasteiger partial charge in [-0.25, -0.2) is 4.68 Å². The van der Waals surface area contributed by atoms with Gasteiger partial charge in [-0.3, -0.25) is 0 Å². The largest absolute Gasteiger partial charge is 0.367 e. The Morgan fingerprint density at radius 1 is 0.767 bits per heavy atom. The Labute approximate surface area is 184 Å². The average Bonchev–Trinajstić information content (AvgIpc) is 3.22. The molecule has 0 saturated carbocycles. The van der Waals surface area contributed by atoms with Crippen LogP contribution in [0.3, 0.4) is 0 Å². The summed E-state index contributed by atoms with van der Waals surface area (Å²) >= 11 is 0. The average molecular weight is 411 g/mol. The van der Waals surface area contributed by atoms with E-state index in [2.05, 4.69) is 70.7 Å². The van der Waals surface area contributed by atoms with E-state index in [0.29, 0.717) is 0 Å². The van der Waals surface area contributed by atoms with Gasteiger partial charge >= 0.3 is 0 Å². The van der Waals surface area contributed by atoms with Crippen LogP contribution < -0.4 is 4.90 Å². The molecule has 0 aliphatic carbocycles. The molecule has 30 heavy (non-hydrogen) atoms. The molecule has 0 saturated heterocycles. The molecule has 0 fully saturated rings. The Morgan fingerprint density at radius 2 is 1.30 bits per heavy atom. The molecule has 3 aromatic rings. The Kier molecular flexibility index (Phi) is 13.9. The Hall–Kier alpha value is -2.62. The highest BCUT2D eigenvalue weighted by atomic mass is 15.4. The Balaban J connectivity index is 0.000000948. The molecule has 0 unspecified atom stereocenters. The van der Waals surface area contributed by atoms with Gasteiger partial charge in [0.05, 0.1) is 5.69 Å². The second-order valence-electron chi connectivity index (χ2n) is 5.60. The lowest BCUT2D eigenvalue weighted by Crippen LogP contribution is -2.24. The number of benzene rings is 2. The predicted molar refractivity (Wildman–Crippen MR) is 134 cm³/mol. The number of aryl methyl sites for hydroxylation is 1. The number of aromatic nitrogens is 3. The van der Waals surface area contributed by atoms with Crippen LogP contribution in [0.2, 0.25) is 0 Å². The summed E-state index contributed by atoms with van der Waals surface area (Å²) in [5.74, 6) is 0. The molecule has 2 aromatic carbocycles. The number of hydrogen-bond donors (Lipinski definition) is 0. The molecule has 166 valence electrons. The first-order chi connectivity index (χ1) is 14.8. The number of para-hydroxylation sites is 1. The predicted octanol–water partition coefficient (Wildman–Crippen LogP) is 7.59. The van der Waals surface area contributed by atoms with Gasteiger partial charge in [-0.2, -0.15) is 0 Å². The summed E-state index contributed by atoms with van der Waals surface area (Å²) in [7, 11) is 1.96. The fourth-order valence-electron chi connectivity index (χ4n) is 3.25. The zero-order valence-electron chi connectivity index (χ0n) is 20.8. The quantitative estimate of drug-likeness (QED) is 0.414. The van der Waals surface area contributed by atoms with Crippen LogP contribution in [0.1, 0.15) is 67.9 Å². The summed E-state index contributed by atoms with van der Waals surface area (Å²) in [6.07, 6.45) is 0. The summed E-state index contributed by atoms with van der Waals surface area (Å²) in [4.78, 5) is 2.41. The summed E-state index contributed by atoms with van der Waals surface area (Å²) < 4.78 is 1.88. The fraction of sp³-hybridized carbons (Fsp3) is 0.462. The van der Waals surface area contributed by atoms with E-state index in [4.69, 9.17) is 0 Å². The van der Waals surface area contributed by atoms with E-state index in [9.17, 15) is 0 Å². The van der Waals surface area contributed by atoms with E-state index >= 15 is 0 Å². The van der Waals surface area contributed by atoms with Crippen molar-refractivity contribution in [2.75, 3.05) is 11.4 Å². The minimum Gasteiger partial charge on any atom is -0.367 e. The van der Waals surface area contributed by atoms with Gasteiger partial charge in [0.1, 0.15) is 5.69 Å². The van der Waals surface area contributed by atoms with E-state index in [-0.39, 0.29) is 0 Å². The van der Waals surface area contributed by atoms with Crippen LogP contribution in [0.15, 0.2) is 48.5 Å². The SMILES string of the molecule is CC.CC.CC.CC.CCN1Cc2ccccc2-c2nnn(C)c2-c2ccccc21. The van der Waals surface area contributed by atoms with Gasteiger partial charge in [0, 0.05) is 37.0 Å². The van der Waals surface area contributed by atoms with Crippen molar-refractivity contribution in [1.29, 1.82) is 0 Å². The van der Waals surface area contributed by atoms with Crippen molar-refractivity contribution in [3.63, 3.8) is 0 Å². The first-order valence-corrected chi connectivity index (χ1v) is 11.6. The van der Waals surface area contributed by atoms with E-state index in [1.165, 1.54) is 22.4 Å². The molecule has 4 heteroatoms. The van der Waals surface area contributed by atoms with Crippen LogP contribution >= 0.6 is 0 Å². The maximum Gasteiger partial charge on any atom is 0.121 e. The van der Waals surface area contributed by atoms with Gasteiger partial charge in [-0.05, 0) is 18.6 Å². The minimum atomic E-state index is 0.889. The first-order valence-electron chi connectivity index (χ1n) is 11.6. The van der Waals surface area contributed by atoms with Crippen molar-refractivity contribution in [3.8, 4) is 22.5 Å². The van der Waals surface area contributed by atoms with Gasteiger partial charge in [0.15, 0.2) is 0 Å². The van der Waals surface area contributed by atoms with Crippen molar-refractivity contribution in [2.45, 2.75) is 68.9 Å². The van der Waals surface area contributed by atoms with E-state index in [0.717, 1.165) is 24.5 Å². The van der Waals surface area contributed by atoms with Crippen molar-refractivity contribution in [3.05, 3.63) is 54.1 Å². The Bertz CT molecular complexity index is 837. The topological polar surface area (TPSA) is 34.0 Å². The van der Waals surface area contributed by atoms with Gasteiger partial charge < -0.3 is 4.90 Å². The number of rotatable bonds is 1. The maximum absolute atomic E-state index is 4.44. The van der Waals surface area contributed by atoms with Crippen LogP contribution in [-0.2, 0) is 13.6 Å². The summed E-state index contributed by atoms with van der Waals surface area (Å²) in [5.41, 5.74) is 6.97. The lowest BCUT2D eigenvalue weighted by Gasteiger charge is -2.29. The smallest absolute Gasteiger partial charge is 0.121 e. The molecular weight excluding hydrogens is 368 g/mol. The molecule has 1 aliphatic heterocycles. The lowest BCUT2D eigenvalue weighted by atomic mass is 9.96. The molecule has 0 bridgehead atoms. The summed E-state index contributed by atoms with van der Waals surface area (Å²) in [5, 5.41) is 8.72. The third-order valence-corrected chi connectivity index (χ3v) is 4.34. The standard InChI is InChI=1S/C18H18N4.4C2H6/c1-3-22-12-13-8-4-5-9-14(13)17-18(21(2)20-19-17)15-10-6-7-11-16(15)22;4*1-2/h4-11H,3,12H2,1-2H3;4*1-2H3. The van der Waals surface area contributed by atoms with Gasteiger partial charge in [-0.15, -0.1) is 5.10 Å². The number of nitrogens with zero attached hydrogens (tertiary/aromatic N) is 4. The molecular formula is C26H42N4. The molecule has 4 rings (SSSR count). The van der Waals surface area contributed by atoms with Crippen LogP contribution in [0, 0.1) is 0 Å². The molecule has 0 spiro atoms. The van der Waals surface area contributed by atoms with Gasteiger partial charge in [0.2, 0.25) is 0 Å². The zero-order chi connectivity index (χ0) is 23.1. The molecule has 0 radical (unpaired) electrons. The van der Waals surface area contributed by atoms with Crippen LogP contribution in [0.5, 0.6) is 0 Å². The number of anilines is 1. The van der Waals surface area contributed by atoms with Gasteiger partial charge in [-0.1, -0.05) is 103 Å². The van der Waals surface area contributed by atoms with Gasteiger partial charge in [0.25, 0.3) is 0 Å². The van der Waals surface area contributed by atoms with E-state index in [1.807, 2.05) is 67.1 Å². The normalized spacial score (nSPS) is 10.3. The molecule has 2 heterocycles. The highest BCUT2D eigenvalue weighted by Gasteiger charge is 2.24. The first kappa shape index (κ1) is 27.4. The highest BCUT2D eigenvalue weighted by Crippen LogP contribution is 2.40. The Morgan fingerprint density at radius 3 is 1.90 bits per heavy atom. The second kappa shape index (κ2) is 15.3. The summed E-state index contributed by atoms with van der Waals surface area (Å²) in [6.45, 7) is 20.1. The van der Waals surface area contributed by atoms with Crippen LogP contribution in [-0.4, -0.2) is 21.5 Å². The monoisotopic (exact) mass is 410 g/mol. The van der Waals surface area contributed by atoms with Crippen LogP contribution in [0.4, 0.5) is 5.69 Å². The molecule has 4 nitrogen and oxygen atoms in total. The number of hydrogen-bond acceptors (Lipinski definition) is 3. The zero-order valence-corrected chi connectivity index (χ0v) is 20.8. The van der Waals surface area contributed by atoms with E-state index < -0.39 is 0 Å². The van der Waals surface area contributed by atoms with E-state index in [1.54, 1.807) is 0 Å². The maximum atomic E-state index is 4.44. The minimum absolute atomic E-state index is 0.889. The second-order valence-corrected chi connectivity index (χ2v) is 5.60. The molecule has 0 N–H and O–H groups in total. The van der Waals surface area contributed by atoms with Crippen LogP contribution in [0.25, 0.3) is 22.5 Å². The molecule has 1 aliphatic rings.